The normalized spacial score (nSPS) is 10.2. The zero-order chi connectivity index (χ0) is 16.5. The van der Waals surface area contributed by atoms with Crippen LogP contribution in [0.15, 0.2) is 28.8 Å². The highest BCUT2D eigenvalue weighted by Crippen LogP contribution is 2.19. The van der Waals surface area contributed by atoms with Gasteiger partial charge in [0.25, 0.3) is 0 Å². The average Bonchev–Trinajstić information content (AvgIpc) is 3.01. The molecule has 0 spiro atoms. The summed E-state index contributed by atoms with van der Waals surface area (Å²) < 4.78 is 5.21. The van der Waals surface area contributed by atoms with Crippen molar-refractivity contribution in [3.05, 3.63) is 35.2 Å². The van der Waals surface area contributed by atoms with Gasteiger partial charge in [-0.05, 0) is 37.2 Å². The van der Waals surface area contributed by atoms with Crippen LogP contribution in [0.5, 0.6) is 0 Å². The van der Waals surface area contributed by atoms with E-state index in [1.807, 2.05) is 19.1 Å². The Morgan fingerprint density at radius 1 is 1.25 bits per heavy atom. The number of aromatic nitrogens is 2. The van der Waals surface area contributed by atoms with Gasteiger partial charge in [-0.2, -0.15) is 4.98 Å². The first-order valence-electron chi connectivity index (χ1n) is 7.75. The lowest BCUT2D eigenvalue weighted by molar-refractivity contribution is -0.121. The molecule has 1 heterocycles. The van der Waals surface area contributed by atoms with Crippen LogP contribution in [0.25, 0.3) is 11.4 Å². The van der Waals surface area contributed by atoms with Gasteiger partial charge in [0.2, 0.25) is 17.6 Å². The first kappa shape index (κ1) is 20.4. The van der Waals surface area contributed by atoms with Crippen LogP contribution in [0.1, 0.15) is 25.7 Å². The van der Waals surface area contributed by atoms with Crippen LogP contribution in [0.3, 0.4) is 0 Å². The summed E-state index contributed by atoms with van der Waals surface area (Å²) >= 11 is 5.85. The van der Waals surface area contributed by atoms with Crippen molar-refractivity contribution >= 4 is 29.9 Å². The van der Waals surface area contributed by atoms with Crippen molar-refractivity contribution < 1.29 is 9.32 Å². The lowest BCUT2D eigenvalue weighted by atomic mass is 10.2. The Morgan fingerprint density at radius 3 is 2.71 bits per heavy atom. The van der Waals surface area contributed by atoms with Gasteiger partial charge in [-0.3, -0.25) is 4.79 Å². The molecule has 0 radical (unpaired) electrons. The summed E-state index contributed by atoms with van der Waals surface area (Å²) in [6.07, 6.45) is 1.71. The fourth-order valence-electron chi connectivity index (χ4n) is 2.03. The third-order valence-electron chi connectivity index (χ3n) is 3.24. The Hall–Kier alpha value is -1.63. The van der Waals surface area contributed by atoms with E-state index >= 15 is 0 Å². The predicted molar refractivity (Wildman–Crippen MR) is 96.5 cm³/mol. The molecule has 2 N–H and O–H groups in total. The van der Waals surface area contributed by atoms with E-state index in [0.717, 1.165) is 18.7 Å². The number of nitrogens with zero attached hydrogens (tertiary/aromatic N) is 2. The standard InChI is InChI=1S/C16H21ClN4O2.ClH/c1-2-18-10-11-19-14(22)4-3-5-15-20-16(21-23-15)12-6-8-13(17)9-7-12;/h6-9,18H,2-5,10-11H2,1H3,(H,19,22);1H. The first-order valence-corrected chi connectivity index (χ1v) is 8.12. The van der Waals surface area contributed by atoms with Gasteiger partial charge in [-0.1, -0.05) is 23.7 Å². The van der Waals surface area contributed by atoms with E-state index in [9.17, 15) is 4.79 Å². The third-order valence-corrected chi connectivity index (χ3v) is 3.49. The minimum Gasteiger partial charge on any atom is -0.355 e. The zero-order valence-electron chi connectivity index (χ0n) is 13.5. The van der Waals surface area contributed by atoms with E-state index in [0.29, 0.717) is 42.5 Å². The minimum absolute atomic E-state index is 0. The molecule has 8 heteroatoms. The van der Waals surface area contributed by atoms with Gasteiger partial charge < -0.3 is 15.2 Å². The molecule has 132 valence electrons. The number of hydrogen-bond acceptors (Lipinski definition) is 5. The molecule has 0 atom stereocenters. The molecule has 0 bridgehead atoms. The molecule has 0 aliphatic heterocycles. The fourth-order valence-corrected chi connectivity index (χ4v) is 2.15. The van der Waals surface area contributed by atoms with E-state index in [1.165, 1.54) is 0 Å². The number of hydrogen-bond donors (Lipinski definition) is 2. The van der Waals surface area contributed by atoms with E-state index in [1.54, 1.807) is 12.1 Å². The summed E-state index contributed by atoms with van der Waals surface area (Å²) in [6.45, 7) is 4.37. The molecule has 6 nitrogen and oxygen atoms in total. The molecule has 24 heavy (non-hydrogen) atoms. The Labute approximate surface area is 152 Å². The van der Waals surface area contributed by atoms with Gasteiger partial charge in [-0.15, -0.1) is 12.4 Å². The highest BCUT2D eigenvalue weighted by atomic mass is 35.5. The molecule has 0 aliphatic rings. The lowest BCUT2D eigenvalue weighted by Crippen LogP contribution is -2.31. The van der Waals surface area contributed by atoms with Crippen LogP contribution >= 0.6 is 24.0 Å². The van der Waals surface area contributed by atoms with E-state index in [2.05, 4.69) is 20.8 Å². The topological polar surface area (TPSA) is 80.0 Å². The molecule has 0 fully saturated rings. The van der Waals surface area contributed by atoms with Crippen LogP contribution in [-0.2, 0) is 11.2 Å². The predicted octanol–water partition coefficient (Wildman–Crippen LogP) is 2.86. The van der Waals surface area contributed by atoms with Gasteiger partial charge in [-0.25, -0.2) is 0 Å². The number of carbonyl (C=O) groups excluding carboxylic acids is 1. The molecular weight excluding hydrogens is 351 g/mol. The summed E-state index contributed by atoms with van der Waals surface area (Å²) in [5.41, 5.74) is 0.852. The molecule has 1 aromatic heterocycles. The zero-order valence-corrected chi connectivity index (χ0v) is 15.1. The number of halogens is 2. The van der Waals surface area contributed by atoms with E-state index in [-0.39, 0.29) is 18.3 Å². The molecule has 2 aromatic rings. The second-order valence-corrected chi connectivity index (χ2v) is 5.51. The van der Waals surface area contributed by atoms with Gasteiger partial charge in [0.1, 0.15) is 0 Å². The number of likely N-dealkylation sites (N-methyl/N-ethyl adjacent to an activating group) is 1. The third kappa shape index (κ3) is 6.86. The number of aryl methyl sites for hydroxylation is 1. The number of rotatable bonds is 9. The molecule has 0 saturated carbocycles. The quantitative estimate of drug-likeness (QED) is 0.661. The van der Waals surface area contributed by atoms with Crippen LogP contribution in [0.2, 0.25) is 5.02 Å². The van der Waals surface area contributed by atoms with Crippen LogP contribution in [-0.4, -0.2) is 35.7 Å². The Bertz CT molecular complexity index is 617. The van der Waals surface area contributed by atoms with Crippen molar-refractivity contribution in [3.63, 3.8) is 0 Å². The van der Waals surface area contributed by atoms with Crippen molar-refractivity contribution in [1.29, 1.82) is 0 Å². The highest BCUT2D eigenvalue weighted by molar-refractivity contribution is 6.30. The molecule has 2 rings (SSSR count). The van der Waals surface area contributed by atoms with Crippen molar-refractivity contribution in [2.75, 3.05) is 19.6 Å². The van der Waals surface area contributed by atoms with Crippen molar-refractivity contribution in [3.8, 4) is 11.4 Å². The summed E-state index contributed by atoms with van der Waals surface area (Å²) in [5, 5.41) is 10.6. The van der Waals surface area contributed by atoms with Crippen LogP contribution in [0.4, 0.5) is 0 Å². The fraction of sp³-hybridized carbons (Fsp3) is 0.438. The van der Waals surface area contributed by atoms with Gasteiger partial charge in [0.05, 0.1) is 0 Å². The molecule has 1 amide bonds. The average molecular weight is 373 g/mol. The summed E-state index contributed by atoms with van der Waals surface area (Å²) in [6, 6.07) is 7.25. The number of carbonyl (C=O) groups is 1. The number of amides is 1. The molecule has 0 aliphatic carbocycles. The van der Waals surface area contributed by atoms with Gasteiger partial charge >= 0.3 is 0 Å². The second-order valence-electron chi connectivity index (χ2n) is 5.08. The number of benzene rings is 1. The molecule has 0 saturated heterocycles. The van der Waals surface area contributed by atoms with Crippen molar-refractivity contribution in [1.82, 2.24) is 20.8 Å². The molecule has 0 unspecified atom stereocenters. The Balaban J connectivity index is 0.00000288. The maximum absolute atomic E-state index is 11.6. The second kappa shape index (κ2) is 11.0. The summed E-state index contributed by atoms with van der Waals surface area (Å²) in [4.78, 5) is 16.0. The molecular formula is C16H22Cl2N4O2. The maximum Gasteiger partial charge on any atom is 0.226 e. The summed E-state index contributed by atoms with van der Waals surface area (Å²) in [5.74, 6) is 1.11. The van der Waals surface area contributed by atoms with Crippen LogP contribution < -0.4 is 10.6 Å². The first-order chi connectivity index (χ1) is 11.2. The van der Waals surface area contributed by atoms with Crippen molar-refractivity contribution in [2.45, 2.75) is 26.2 Å². The largest absolute Gasteiger partial charge is 0.355 e. The Morgan fingerprint density at radius 2 is 2.00 bits per heavy atom. The van der Waals surface area contributed by atoms with E-state index < -0.39 is 0 Å². The Kier molecular flexibility index (Phi) is 9.37. The minimum atomic E-state index is 0. The lowest BCUT2D eigenvalue weighted by Gasteiger charge is -2.04. The SMILES string of the molecule is CCNCCNC(=O)CCCc1nc(-c2ccc(Cl)cc2)no1.Cl. The van der Waals surface area contributed by atoms with Gasteiger partial charge in [0, 0.05) is 36.5 Å². The monoisotopic (exact) mass is 372 g/mol. The van der Waals surface area contributed by atoms with Crippen molar-refractivity contribution in [2.24, 2.45) is 0 Å². The van der Waals surface area contributed by atoms with E-state index in [4.69, 9.17) is 16.1 Å². The smallest absolute Gasteiger partial charge is 0.226 e. The molecule has 1 aromatic carbocycles. The highest BCUT2D eigenvalue weighted by Gasteiger charge is 2.09. The van der Waals surface area contributed by atoms with Crippen LogP contribution in [0, 0.1) is 0 Å². The number of nitrogens with one attached hydrogen (secondary N) is 2. The maximum atomic E-state index is 11.6. The van der Waals surface area contributed by atoms with Gasteiger partial charge in [0.15, 0.2) is 0 Å². The summed E-state index contributed by atoms with van der Waals surface area (Å²) in [7, 11) is 0.